The van der Waals surface area contributed by atoms with Crippen LogP contribution in [0.25, 0.3) is 0 Å². The number of hydrogen-bond acceptors (Lipinski definition) is 4. The number of nitrogens with two attached hydrogens (primary N) is 1. The predicted octanol–water partition coefficient (Wildman–Crippen LogP) is 2.38. The Bertz CT molecular complexity index is 660. The van der Waals surface area contributed by atoms with Crippen molar-refractivity contribution in [3.05, 3.63) is 60.2 Å². The van der Waals surface area contributed by atoms with Gasteiger partial charge in [0.25, 0.3) is 5.91 Å². The van der Waals surface area contributed by atoms with Crippen molar-refractivity contribution < 1.29 is 14.3 Å². The van der Waals surface area contributed by atoms with Crippen LogP contribution in [0.2, 0.25) is 0 Å². The molecular formula is C18H20N2O3. The quantitative estimate of drug-likeness (QED) is 0.909. The fraction of sp³-hybridized carbons (Fsp3) is 0.278. The van der Waals surface area contributed by atoms with E-state index in [4.69, 9.17) is 15.2 Å². The van der Waals surface area contributed by atoms with E-state index in [9.17, 15) is 4.79 Å². The number of carbonyl (C=O) groups is 1. The van der Waals surface area contributed by atoms with Gasteiger partial charge in [-0.15, -0.1) is 0 Å². The Labute approximate surface area is 135 Å². The second-order valence-electron chi connectivity index (χ2n) is 5.47. The molecule has 120 valence electrons. The number of rotatable bonds is 4. The molecule has 0 aromatic heterocycles. The third-order valence-electron chi connectivity index (χ3n) is 3.76. The van der Waals surface area contributed by atoms with Crippen molar-refractivity contribution in [2.45, 2.75) is 18.6 Å². The van der Waals surface area contributed by atoms with E-state index in [0.717, 1.165) is 17.7 Å². The molecule has 5 nitrogen and oxygen atoms in total. The lowest BCUT2D eigenvalue weighted by molar-refractivity contribution is -0.131. The average Bonchev–Trinajstić information content (AvgIpc) is 2.77. The van der Waals surface area contributed by atoms with Gasteiger partial charge in [-0.1, -0.05) is 30.3 Å². The molecule has 0 unspecified atom stereocenters. The van der Waals surface area contributed by atoms with Gasteiger partial charge in [0.1, 0.15) is 11.5 Å². The van der Waals surface area contributed by atoms with E-state index in [2.05, 4.69) is 5.32 Å². The first-order chi connectivity index (χ1) is 11.3. The van der Waals surface area contributed by atoms with E-state index < -0.39 is 6.10 Å². The van der Waals surface area contributed by atoms with Gasteiger partial charge in [0.2, 0.25) is 0 Å². The maximum Gasteiger partial charge on any atom is 0.254 e. The summed E-state index contributed by atoms with van der Waals surface area (Å²) in [7, 11) is 0. The second kappa shape index (κ2) is 7.26. The van der Waals surface area contributed by atoms with Gasteiger partial charge in [-0.2, -0.15) is 0 Å². The molecule has 1 fully saturated rings. The van der Waals surface area contributed by atoms with Crippen molar-refractivity contribution in [3.63, 3.8) is 0 Å². The van der Waals surface area contributed by atoms with Gasteiger partial charge >= 0.3 is 0 Å². The summed E-state index contributed by atoms with van der Waals surface area (Å²) in [5.74, 6) is 1.26. The zero-order chi connectivity index (χ0) is 16.1. The molecule has 1 heterocycles. The maximum atomic E-state index is 12.3. The molecule has 23 heavy (non-hydrogen) atoms. The molecule has 1 aliphatic rings. The molecule has 0 aliphatic carbocycles. The summed E-state index contributed by atoms with van der Waals surface area (Å²) >= 11 is 0. The van der Waals surface area contributed by atoms with Gasteiger partial charge in [-0.05, 0) is 36.2 Å². The summed E-state index contributed by atoms with van der Waals surface area (Å²) in [6.45, 7) is 0.911. The van der Waals surface area contributed by atoms with Crippen molar-refractivity contribution in [3.8, 4) is 11.5 Å². The monoisotopic (exact) mass is 312 g/mol. The number of carbonyl (C=O) groups excluding carboxylic acids is 1. The predicted molar refractivity (Wildman–Crippen MR) is 87.3 cm³/mol. The molecule has 0 bridgehead atoms. The van der Waals surface area contributed by atoms with Crippen LogP contribution in [0.3, 0.4) is 0 Å². The highest BCUT2D eigenvalue weighted by molar-refractivity contribution is 5.82. The molecule has 2 atom stereocenters. The molecule has 2 aromatic rings. The molecule has 0 saturated carbocycles. The number of para-hydroxylation sites is 1. The molecule has 5 heteroatoms. The summed E-state index contributed by atoms with van der Waals surface area (Å²) in [4.78, 5) is 12.3. The number of benzene rings is 2. The summed E-state index contributed by atoms with van der Waals surface area (Å²) < 4.78 is 11.5. The van der Waals surface area contributed by atoms with Crippen LogP contribution in [0, 0.1) is 0 Å². The summed E-state index contributed by atoms with van der Waals surface area (Å²) in [5, 5.41) is 2.92. The van der Waals surface area contributed by atoms with Crippen molar-refractivity contribution in [2.75, 3.05) is 13.2 Å². The van der Waals surface area contributed by atoms with Crippen LogP contribution in [0.4, 0.5) is 0 Å². The smallest absolute Gasteiger partial charge is 0.254 e. The average molecular weight is 312 g/mol. The van der Waals surface area contributed by atoms with Gasteiger partial charge in [-0.25, -0.2) is 0 Å². The number of amides is 1. The molecule has 0 radical (unpaired) electrons. The Hall–Kier alpha value is -2.37. The van der Waals surface area contributed by atoms with Crippen molar-refractivity contribution >= 4 is 5.91 Å². The van der Waals surface area contributed by atoms with Crippen LogP contribution in [-0.4, -0.2) is 25.1 Å². The third-order valence-corrected chi connectivity index (χ3v) is 3.76. The molecule has 1 saturated heterocycles. The lowest BCUT2D eigenvalue weighted by Crippen LogP contribution is -2.40. The van der Waals surface area contributed by atoms with E-state index in [1.54, 1.807) is 0 Å². The van der Waals surface area contributed by atoms with E-state index >= 15 is 0 Å². The minimum atomic E-state index is -0.633. The summed E-state index contributed by atoms with van der Waals surface area (Å²) in [5.41, 5.74) is 6.41. The zero-order valence-corrected chi connectivity index (χ0v) is 12.8. The van der Waals surface area contributed by atoms with E-state index in [1.807, 2.05) is 54.6 Å². The third kappa shape index (κ3) is 3.88. The largest absolute Gasteiger partial charge is 0.457 e. The molecule has 0 spiro atoms. The number of ether oxygens (including phenoxy) is 2. The van der Waals surface area contributed by atoms with E-state index in [1.165, 1.54) is 0 Å². The van der Waals surface area contributed by atoms with Crippen LogP contribution >= 0.6 is 0 Å². The Morgan fingerprint density at radius 1 is 1.13 bits per heavy atom. The van der Waals surface area contributed by atoms with Crippen molar-refractivity contribution in [1.82, 2.24) is 5.32 Å². The van der Waals surface area contributed by atoms with Crippen LogP contribution in [-0.2, 0) is 9.53 Å². The molecule has 3 rings (SSSR count). The highest BCUT2D eigenvalue weighted by Crippen LogP contribution is 2.27. The minimum Gasteiger partial charge on any atom is -0.457 e. The van der Waals surface area contributed by atoms with E-state index in [0.29, 0.717) is 18.9 Å². The fourth-order valence-corrected chi connectivity index (χ4v) is 2.54. The molecule has 1 amide bonds. The van der Waals surface area contributed by atoms with Gasteiger partial charge in [-0.3, -0.25) is 4.79 Å². The first-order valence-electron chi connectivity index (χ1n) is 7.71. The lowest BCUT2D eigenvalue weighted by atomic mass is 10.1. The van der Waals surface area contributed by atoms with Crippen LogP contribution in [0.5, 0.6) is 11.5 Å². The topological polar surface area (TPSA) is 73.6 Å². The lowest BCUT2D eigenvalue weighted by Gasteiger charge is -2.16. The van der Waals surface area contributed by atoms with Crippen LogP contribution in [0.1, 0.15) is 18.1 Å². The number of nitrogens with one attached hydrogen (secondary N) is 1. The summed E-state index contributed by atoms with van der Waals surface area (Å²) in [6.07, 6.45) is 0.0877. The van der Waals surface area contributed by atoms with Crippen LogP contribution in [0.15, 0.2) is 54.6 Å². The Balaban J connectivity index is 1.77. The SMILES string of the molecule is NC[C@@H]1CCO[C@@H](c2cccc(Oc3ccccc3)c2)C(=O)N1. The van der Waals surface area contributed by atoms with E-state index in [-0.39, 0.29) is 11.9 Å². The van der Waals surface area contributed by atoms with Crippen molar-refractivity contribution in [1.29, 1.82) is 0 Å². The highest BCUT2D eigenvalue weighted by Gasteiger charge is 2.27. The van der Waals surface area contributed by atoms with Gasteiger partial charge < -0.3 is 20.5 Å². The Morgan fingerprint density at radius 3 is 2.70 bits per heavy atom. The van der Waals surface area contributed by atoms with Gasteiger partial charge in [0.05, 0.1) is 6.61 Å². The number of hydrogen-bond donors (Lipinski definition) is 2. The highest BCUT2D eigenvalue weighted by atomic mass is 16.5. The zero-order valence-electron chi connectivity index (χ0n) is 12.8. The molecule has 1 aliphatic heterocycles. The minimum absolute atomic E-state index is 0.0312. The Morgan fingerprint density at radius 2 is 1.91 bits per heavy atom. The molecule has 3 N–H and O–H groups in total. The van der Waals surface area contributed by atoms with Gasteiger partial charge in [0.15, 0.2) is 6.10 Å². The fourth-order valence-electron chi connectivity index (χ4n) is 2.54. The normalized spacial score (nSPS) is 21.3. The van der Waals surface area contributed by atoms with Crippen LogP contribution < -0.4 is 15.8 Å². The Kier molecular flexibility index (Phi) is 4.90. The summed E-state index contributed by atoms with van der Waals surface area (Å²) in [6, 6.07) is 16.9. The molecular weight excluding hydrogens is 292 g/mol. The van der Waals surface area contributed by atoms with Crippen molar-refractivity contribution in [2.24, 2.45) is 5.73 Å². The maximum absolute atomic E-state index is 12.3. The first-order valence-corrected chi connectivity index (χ1v) is 7.71. The van der Waals surface area contributed by atoms with Gasteiger partial charge in [0, 0.05) is 12.6 Å². The standard InChI is InChI=1S/C18H20N2O3/c19-12-14-9-10-22-17(18(21)20-14)13-5-4-8-16(11-13)23-15-6-2-1-3-7-15/h1-8,11,14,17H,9-10,12,19H2,(H,20,21)/t14-,17-/m0/s1. The first kappa shape index (κ1) is 15.5. The molecule has 2 aromatic carbocycles. The second-order valence-corrected chi connectivity index (χ2v) is 5.47.